The van der Waals surface area contributed by atoms with Crippen LogP contribution in [0.2, 0.25) is 5.02 Å². The summed E-state index contributed by atoms with van der Waals surface area (Å²) in [6.07, 6.45) is 2.12. The average molecular weight is 308 g/mol. The molecule has 0 radical (unpaired) electrons. The first-order valence-corrected chi connectivity index (χ1v) is 8.37. The molecule has 2 rings (SSSR count). The van der Waals surface area contributed by atoms with E-state index in [0.717, 1.165) is 17.9 Å². The fourth-order valence-electron chi connectivity index (χ4n) is 1.74. The summed E-state index contributed by atoms with van der Waals surface area (Å²) in [7, 11) is -1.95. The van der Waals surface area contributed by atoms with E-state index in [1.165, 1.54) is 16.6 Å². The highest BCUT2D eigenvalue weighted by Gasteiger charge is 2.30. The van der Waals surface area contributed by atoms with Gasteiger partial charge in [0.1, 0.15) is 10.7 Å². The number of aromatic nitrogens is 1. The molecule has 1 saturated heterocycles. The highest BCUT2D eigenvalue weighted by molar-refractivity contribution is 7.99. The molecule has 1 aromatic rings. The minimum absolute atomic E-state index is 0.0383. The number of hydrogen-bond acceptors (Lipinski definition) is 5. The predicted octanol–water partition coefficient (Wildman–Crippen LogP) is 1.44. The van der Waals surface area contributed by atoms with Crippen LogP contribution < -0.4 is 5.73 Å². The Morgan fingerprint density at radius 3 is 2.89 bits per heavy atom. The maximum atomic E-state index is 12.4. The molecule has 0 aromatic carbocycles. The van der Waals surface area contributed by atoms with E-state index < -0.39 is 10.0 Å². The molecule has 0 amide bonds. The molecule has 1 aromatic heterocycles. The van der Waals surface area contributed by atoms with Crippen LogP contribution in [-0.2, 0) is 10.0 Å². The normalized spacial score (nSPS) is 20.5. The zero-order valence-electron chi connectivity index (χ0n) is 9.84. The van der Waals surface area contributed by atoms with Crippen LogP contribution in [0.15, 0.2) is 17.2 Å². The minimum atomic E-state index is -3.54. The van der Waals surface area contributed by atoms with Crippen LogP contribution in [0, 0.1) is 0 Å². The lowest BCUT2D eigenvalue weighted by molar-refractivity contribution is 0.394. The second-order valence-electron chi connectivity index (χ2n) is 4.08. The molecule has 1 aliphatic heterocycles. The minimum Gasteiger partial charge on any atom is -0.382 e. The summed E-state index contributed by atoms with van der Waals surface area (Å²) in [4.78, 5) is 3.87. The van der Waals surface area contributed by atoms with Crippen LogP contribution in [0.3, 0.4) is 0 Å². The fraction of sp³-hybridized carbons (Fsp3) is 0.500. The molecule has 5 nitrogen and oxygen atoms in total. The third kappa shape index (κ3) is 2.59. The van der Waals surface area contributed by atoms with E-state index in [9.17, 15) is 8.42 Å². The Bertz CT molecular complexity index is 544. The van der Waals surface area contributed by atoms with Crippen LogP contribution in [0.5, 0.6) is 0 Å². The van der Waals surface area contributed by atoms with Gasteiger partial charge in [0.05, 0.1) is 5.02 Å². The Morgan fingerprint density at radius 1 is 1.61 bits per heavy atom. The molecule has 1 fully saturated rings. The van der Waals surface area contributed by atoms with Gasteiger partial charge in [-0.3, -0.25) is 0 Å². The van der Waals surface area contributed by atoms with Gasteiger partial charge in [-0.1, -0.05) is 11.6 Å². The first-order chi connectivity index (χ1) is 8.43. The number of hydrogen-bond donors (Lipinski definition) is 1. The molecular formula is C10H14ClN3O2S2. The van der Waals surface area contributed by atoms with Gasteiger partial charge in [0.25, 0.3) is 0 Å². The molecule has 0 bridgehead atoms. The van der Waals surface area contributed by atoms with E-state index >= 15 is 0 Å². The SMILES string of the molecule is CN(C1CCSC1)S(=O)(=O)c1cnc(N)c(Cl)c1. The predicted molar refractivity (Wildman–Crippen MR) is 74.3 cm³/mol. The number of halogens is 1. The highest BCUT2D eigenvalue weighted by atomic mass is 35.5. The monoisotopic (exact) mass is 307 g/mol. The topological polar surface area (TPSA) is 76.3 Å². The van der Waals surface area contributed by atoms with Crippen LogP contribution in [0.4, 0.5) is 5.82 Å². The van der Waals surface area contributed by atoms with Crippen molar-refractivity contribution in [2.24, 2.45) is 0 Å². The molecule has 2 heterocycles. The lowest BCUT2D eigenvalue weighted by atomic mass is 10.3. The van der Waals surface area contributed by atoms with Gasteiger partial charge in [-0.15, -0.1) is 0 Å². The lowest BCUT2D eigenvalue weighted by Crippen LogP contribution is -2.37. The van der Waals surface area contributed by atoms with E-state index in [1.807, 2.05) is 0 Å². The van der Waals surface area contributed by atoms with Gasteiger partial charge >= 0.3 is 0 Å². The van der Waals surface area contributed by atoms with Gasteiger partial charge in [-0.05, 0) is 18.2 Å². The van der Waals surface area contributed by atoms with Crippen molar-refractivity contribution < 1.29 is 8.42 Å². The summed E-state index contributed by atoms with van der Waals surface area (Å²) in [5.74, 6) is 1.95. The molecule has 1 atom stereocenters. The summed E-state index contributed by atoms with van der Waals surface area (Å²) in [6.45, 7) is 0. The molecule has 0 aliphatic carbocycles. The smallest absolute Gasteiger partial charge is 0.244 e. The summed E-state index contributed by atoms with van der Waals surface area (Å²) in [6, 6.07) is 1.38. The van der Waals surface area contributed by atoms with E-state index in [1.54, 1.807) is 18.8 Å². The Kier molecular flexibility index (Phi) is 4.05. The van der Waals surface area contributed by atoms with E-state index in [0.29, 0.717) is 0 Å². The first-order valence-electron chi connectivity index (χ1n) is 5.39. The Balaban J connectivity index is 2.32. The molecule has 1 unspecified atom stereocenters. The molecule has 2 N–H and O–H groups in total. The van der Waals surface area contributed by atoms with Gasteiger partial charge < -0.3 is 5.73 Å². The third-order valence-electron chi connectivity index (χ3n) is 2.94. The quantitative estimate of drug-likeness (QED) is 0.914. The van der Waals surface area contributed by atoms with Gasteiger partial charge in [0.2, 0.25) is 10.0 Å². The maximum absolute atomic E-state index is 12.4. The Hall–Kier alpha value is -0.500. The van der Waals surface area contributed by atoms with Crippen molar-refractivity contribution in [3.8, 4) is 0 Å². The third-order valence-corrected chi connectivity index (χ3v) is 6.26. The number of nitrogens with zero attached hydrogens (tertiary/aromatic N) is 2. The van der Waals surface area contributed by atoms with Crippen molar-refractivity contribution in [1.29, 1.82) is 0 Å². The van der Waals surface area contributed by atoms with Crippen molar-refractivity contribution in [2.75, 3.05) is 24.3 Å². The zero-order chi connectivity index (χ0) is 13.3. The number of nitrogen functional groups attached to an aromatic ring is 1. The van der Waals surface area contributed by atoms with Gasteiger partial charge in [-0.2, -0.15) is 16.1 Å². The number of nitrogens with two attached hydrogens (primary N) is 1. The summed E-state index contributed by atoms with van der Waals surface area (Å²) in [5, 5.41) is 0.158. The number of rotatable bonds is 3. The van der Waals surface area contributed by atoms with Crippen molar-refractivity contribution in [3.63, 3.8) is 0 Å². The Labute approximate surface area is 116 Å². The molecule has 8 heteroatoms. The number of thioether (sulfide) groups is 1. The fourth-order valence-corrected chi connectivity index (χ4v) is 4.69. The highest BCUT2D eigenvalue weighted by Crippen LogP contribution is 2.27. The zero-order valence-corrected chi connectivity index (χ0v) is 12.2. The van der Waals surface area contributed by atoms with Gasteiger partial charge in [0, 0.05) is 25.0 Å². The number of sulfonamides is 1. The standard InChI is InChI=1S/C10H14ClN3O2S2/c1-14(7-2-3-17-6-7)18(15,16)8-4-9(11)10(12)13-5-8/h4-5,7H,2-3,6H2,1H3,(H2,12,13). The van der Waals surface area contributed by atoms with Crippen molar-refractivity contribution >= 4 is 39.2 Å². The second kappa shape index (κ2) is 5.24. The molecule has 100 valence electrons. The van der Waals surface area contributed by atoms with Crippen molar-refractivity contribution in [3.05, 3.63) is 17.3 Å². The van der Waals surface area contributed by atoms with E-state index in [-0.39, 0.29) is 21.8 Å². The molecule has 0 saturated carbocycles. The summed E-state index contributed by atoms with van der Waals surface area (Å²) < 4.78 is 26.1. The van der Waals surface area contributed by atoms with Crippen LogP contribution in [0.25, 0.3) is 0 Å². The number of pyridine rings is 1. The summed E-state index contributed by atoms with van der Waals surface area (Å²) >= 11 is 7.57. The van der Waals surface area contributed by atoms with Crippen molar-refractivity contribution in [2.45, 2.75) is 17.4 Å². The first kappa shape index (κ1) is 13.9. The van der Waals surface area contributed by atoms with Crippen LogP contribution in [0.1, 0.15) is 6.42 Å². The van der Waals surface area contributed by atoms with Crippen molar-refractivity contribution in [1.82, 2.24) is 9.29 Å². The van der Waals surface area contributed by atoms with Gasteiger partial charge in [-0.25, -0.2) is 13.4 Å². The second-order valence-corrected chi connectivity index (χ2v) is 7.63. The van der Waals surface area contributed by atoms with Crippen LogP contribution in [-0.4, -0.2) is 42.3 Å². The largest absolute Gasteiger partial charge is 0.382 e. The molecular weight excluding hydrogens is 294 g/mol. The maximum Gasteiger partial charge on any atom is 0.244 e. The van der Waals surface area contributed by atoms with Crippen LogP contribution >= 0.6 is 23.4 Å². The van der Waals surface area contributed by atoms with Gasteiger partial charge in [0.15, 0.2) is 0 Å². The number of anilines is 1. The lowest BCUT2D eigenvalue weighted by Gasteiger charge is -2.23. The molecule has 0 spiro atoms. The average Bonchev–Trinajstić information content (AvgIpc) is 2.85. The summed E-state index contributed by atoms with van der Waals surface area (Å²) in [5.41, 5.74) is 5.48. The Morgan fingerprint density at radius 2 is 2.33 bits per heavy atom. The van der Waals surface area contributed by atoms with E-state index in [4.69, 9.17) is 17.3 Å². The molecule has 1 aliphatic rings. The molecule has 18 heavy (non-hydrogen) atoms. The van der Waals surface area contributed by atoms with E-state index in [2.05, 4.69) is 4.98 Å².